The summed E-state index contributed by atoms with van der Waals surface area (Å²) in [4.78, 5) is 20.9. The maximum atomic E-state index is 12.3. The first-order chi connectivity index (χ1) is 12.6. The standard InChI is InChI=1S/C19H15N5OS/c1-12-6-13(10-20)8-15(7-12)26-11-14-9-18(25)24(23-14)19-21-16-4-2-3-5-17(16)22-19/h2-9,23H,11H2,1H3,(H,21,22). The van der Waals surface area contributed by atoms with Gasteiger partial charge >= 0.3 is 0 Å². The molecule has 0 spiro atoms. The molecule has 0 amide bonds. The van der Waals surface area contributed by atoms with Crippen LogP contribution >= 0.6 is 11.8 Å². The highest BCUT2D eigenvalue weighted by Crippen LogP contribution is 2.24. The van der Waals surface area contributed by atoms with E-state index in [4.69, 9.17) is 5.26 Å². The Balaban J connectivity index is 1.58. The summed E-state index contributed by atoms with van der Waals surface area (Å²) in [7, 11) is 0. The number of rotatable bonds is 4. The lowest BCUT2D eigenvalue weighted by atomic mass is 10.2. The monoisotopic (exact) mass is 361 g/mol. The molecule has 26 heavy (non-hydrogen) atoms. The zero-order chi connectivity index (χ0) is 18.1. The van der Waals surface area contributed by atoms with Crippen molar-refractivity contribution >= 4 is 22.8 Å². The second-order valence-corrected chi connectivity index (χ2v) is 7.02. The van der Waals surface area contributed by atoms with Gasteiger partial charge in [0.2, 0.25) is 5.95 Å². The van der Waals surface area contributed by atoms with Gasteiger partial charge in [0.25, 0.3) is 5.56 Å². The van der Waals surface area contributed by atoms with Gasteiger partial charge in [-0.25, -0.2) is 4.98 Å². The van der Waals surface area contributed by atoms with Crippen LogP contribution in [0.4, 0.5) is 0 Å². The Morgan fingerprint density at radius 1 is 1.23 bits per heavy atom. The number of nitrogens with one attached hydrogen (secondary N) is 2. The normalized spacial score (nSPS) is 10.9. The number of fused-ring (bicyclic) bond motifs is 1. The zero-order valence-corrected chi connectivity index (χ0v) is 14.8. The van der Waals surface area contributed by atoms with Crippen LogP contribution in [-0.4, -0.2) is 19.7 Å². The van der Waals surface area contributed by atoms with E-state index < -0.39 is 0 Å². The van der Waals surface area contributed by atoms with Gasteiger partial charge in [0.1, 0.15) is 0 Å². The molecule has 2 heterocycles. The van der Waals surface area contributed by atoms with E-state index in [0.29, 0.717) is 17.3 Å². The maximum absolute atomic E-state index is 12.3. The molecule has 0 unspecified atom stereocenters. The molecule has 0 aliphatic carbocycles. The number of hydrogen-bond donors (Lipinski definition) is 2. The fourth-order valence-electron chi connectivity index (χ4n) is 2.78. The van der Waals surface area contributed by atoms with E-state index in [1.165, 1.54) is 4.68 Å². The summed E-state index contributed by atoms with van der Waals surface area (Å²) in [6.45, 7) is 1.96. The van der Waals surface area contributed by atoms with Crippen molar-refractivity contribution < 1.29 is 0 Å². The van der Waals surface area contributed by atoms with Crippen LogP contribution in [0.15, 0.2) is 58.2 Å². The number of aryl methyl sites for hydroxylation is 1. The number of thioether (sulfide) groups is 1. The molecule has 0 fully saturated rings. The van der Waals surface area contributed by atoms with Crippen molar-refractivity contribution in [2.45, 2.75) is 17.6 Å². The average Bonchev–Trinajstić information content (AvgIpc) is 3.22. The number of nitriles is 1. The van der Waals surface area contributed by atoms with E-state index in [2.05, 4.69) is 21.1 Å². The van der Waals surface area contributed by atoms with Crippen LogP contribution in [0.2, 0.25) is 0 Å². The molecule has 0 atom stereocenters. The first kappa shape index (κ1) is 16.2. The van der Waals surface area contributed by atoms with Crippen LogP contribution in [0.25, 0.3) is 17.0 Å². The Morgan fingerprint density at radius 3 is 2.88 bits per heavy atom. The Hall–Kier alpha value is -3.24. The van der Waals surface area contributed by atoms with Gasteiger partial charge in [-0.1, -0.05) is 12.1 Å². The lowest BCUT2D eigenvalue weighted by molar-refractivity contribution is 0.789. The van der Waals surface area contributed by atoms with E-state index in [1.54, 1.807) is 17.8 Å². The number of nitrogens with zero attached hydrogens (tertiary/aromatic N) is 3. The molecule has 2 aromatic carbocycles. The van der Waals surface area contributed by atoms with Gasteiger partial charge in [0.05, 0.1) is 22.7 Å². The minimum absolute atomic E-state index is 0.165. The van der Waals surface area contributed by atoms with Gasteiger partial charge < -0.3 is 4.98 Å². The van der Waals surface area contributed by atoms with Crippen molar-refractivity contribution in [1.82, 2.24) is 19.7 Å². The summed E-state index contributed by atoms with van der Waals surface area (Å²) in [6, 6.07) is 17.1. The summed E-state index contributed by atoms with van der Waals surface area (Å²) >= 11 is 1.57. The fraction of sp³-hybridized carbons (Fsp3) is 0.105. The quantitative estimate of drug-likeness (QED) is 0.544. The van der Waals surface area contributed by atoms with Crippen LogP contribution in [0.1, 0.15) is 16.8 Å². The van der Waals surface area contributed by atoms with Crippen molar-refractivity contribution in [1.29, 1.82) is 5.26 Å². The average molecular weight is 361 g/mol. The summed E-state index contributed by atoms with van der Waals surface area (Å²) in [6.07, 6.45) is 0. The molecule has 0 aliphatic heterocycles. The van der Waals surface area contributed by atoms with E-state index >= 15 is 0 Å². The van der Waals surface area contributed by atoms with Crippen LogP contribution in [0.5, 0.6) is 0 Å². The molecule has 0 radical (unpaired) electrons. The molecule has 2 aromatic heterocycles. The van der Waals surface area contributed by atoms with Gasteiger partial charge in [-0.2, -0.15) is 9.94 Å². The first-order valence-electron chi connectivity index (χ1n) is 8.03. The van der Waals surface area contributed by atoms with E-state index in [0.717, 1.165) is 27.2 Å². The van der Waals surface area contributed by atoms with Gasteiger partial charge in [-0.05, 0) is 42.8 Å². The highest BCUT2D eigenvalue weighted by Gasteiger charge is 2.10. The molecule has 128 valence electrons. The lowest BCUT2D eigenvalue weighted by Gasteiger charge is -2.03. The van der Waals surface area contributed by atoms with Gasteiger partial charge in [-0.3, -0.25) is 9.89 Å². The fourth-order valence-corrected chi connectivity index (χ4v) is 3.73. The first-order valence-corrected chi connectivity index (χ1v) is 9.01. The van der Waals surface area contributed by atoms with E-state index in [-0.39, 0.29) is 5.56 Å². The van der Waals surface area contributed by atoms with E-state index in [1.807, 2.05) is 49.4 Å². The second kappa shape index (κ2) is 6.58. The minimum atomic E-state index is -0.165. The third-order valence-corrected chi connectivity index (χ3v) is 4.96. The SMILES string of the molecule is Cc1cc(C#N)cc(SCc2cc(=O)n(-c3nc4ccccc4[nH]3)[nH]2)c1. The summed E-state index contributed by atoms with van der Waals surface area (Å²) in [5, 5.41) is 12.2. The topological polar surface area (TPSA) is 90.3 Å². The summed E-state index contributed by atoms with van der Waals surface area (Å²) < 4.78 is 1.41. The number of aromatic amines is 2. The Bertz CT molecular complexity index is 1160. The number of H-pyrrole nitrogens is 2. The Labute approximate surface area is 153 Å². The lowest BCUT2D eigenvalue weighted by Crippen LogP contribution is -2.14. The van der Waals surface area contributed by atoms with Gasteiger partial charge in [-0.15, -0.1) is 11.8 Å². The zero-order valence-electron chi connectivity index (χ0n) is 14.0. The predicted molar refractivity (Wildman–Crippen MR) is 101 cm³/mol. The van der Waals surface area contributed by atoms with Crippen molar-refractivity contribution in [2.75, 3.05) is 0 Å². The number of para-hydroxylation sites is 2. The molecule has 0 aliphatic rings. The minimum Gasteiger partial charge on any atom is -0.322 e. The van der Waals surface area contributed by atoms with E-state index in [9.17, 15) is 4.79 Å². The molecule has 0 saturated carbocycles. The molecule has 0 saturated heterocycles. The Kier molecular flexibility index (Phi) is 4.11. The number of hydrogen-bond acceptors (Lipinski definition) is 4. The van der Waals surface area contributed by atoms with Gasteiger partial charge in [0.15, 0.2) is 0 Å². The molecule has 0 bridgehead atoms. The summed E-state index contributed by atoms with van der Waals surface area (Å²) in [5.41, 5.74) is 4.00. The van der Waals surface area contributed by atoms with Crippen molar-refractivity contribution in [3.63, 3.8) is 0 Å². The second-order valence-electron chi connectivity index (χ2n) is 5.97. The molecule has 2 N–H and O–H groups in total. The molecular weight excluding hydrogens is 346 g/mol. The molecule has 6 nitrogen and oxygen atoms in total. The molecule has 7 heteroatoms. The van der Waals surface area contributed by atoms with Crippen LogP contribution in [-0.2, 0) is 5.75 Å². The number of aromatic nitrogens is 4. The predicted octanol–water partition coefficient (Wildman–Crippen LogP) is 3.51. The third-order valence-electron chi connectivity index (χ3n) is 3.94. The number of benzene rings is 2. The van der Waals surface area contributed by atoms with Crippen LogP contribution in [0, 0.1) is 18.3 Å². The smallest absolute Gasteiger partial charge is 0.274 e. The number of imidazole rings is 1. The van der Waals surface area contributed by atoms with Gasteiger partial charge in [0, 0.05) is 22.4 Å². The van der Waals surface area contributed by atoms with Crippen molar-refractivity contribution in [2.24, 2.45) is 0 Å². The van der Waals surface area contributed by atoms with Crippen molar-refractivity contribution in [3.8, 4) is 12.0 Å². The highest BCUT2D eigenvalue weighted by atomic mass is 32.2. The largest absolute Gasteiger partial charge is 0.322 e. The Morgan fingerprint density at radius 2 is 2.08 bits per heavy atom. The molecule has 4 rings (SSSR count). The van der Waals surface area contributed by atoms with Crippen molar-refractivity contribution in [3.05, 3.63) is 75.7 Å². The third kappa shape index (κ3) is 3.15. The maximum Gasteiger partial charge on any atom is 0.274 e. The highest BCUT2D eigenvalue weighted by molar-refractivity contribution is 7.98. The molecule has 4 aromatic rings. The summed E-state index contributed by atoms with van der Waals surface area (Å²) in [5.74, 6) is 1.06. The molecular formula is C19H15N5OS. The van der Waals surface area contributed by atoms with Crippen LogP contribution < -0.4 is 5.56 Å². The van der Waals surface area contributed by atoms with Crippen LogP contribution in [0.3, 0.4) is 0 Å².